The lowest BCUT2D eigenvalue weighted by molar-refractivity contribution is -0.154. The van der Waals surface area contributed by atoms with Crippen molar-refractivity contribution in [1.29, 1.82) is 0 Å². The molecular weight excluding hydrogens is 492 g/mol. The zero-order valence-electron chi connectivity index (χ0n) is 21.5. The third-order valence-electron chi connectivity index (χ3n) is 8.06. The number of ether oxygens (including phenoxy) is 2. The summed E-state index contributed by atoms with van der Waals surface area (Å²) in [6.45, 7) is 4.07. The molecule has 4 aliphatic rings. The highest BCUT2D eigenvalue weighted by molar-refractivity contribution is 8.02. The number of hydrogen-bond acceptors (Lipinski definition) is 7. The second-order valence-electron chi connectivity index (χ2n) is 10.4. The molecule has 2 amide bonds. The normalized spacial score (nSPS) is 35.2. The maximum absolute atomic E-state index is 14.4. The van der Waals surface area contributed by atoms with E-state index in [-0.39, 0.29) is 18.4 Å². The van der Waals surface area contributed by atoms with Crippen LogP contribution in [0, 0.1) is 11.8 Å². The molecule has 37 heavy (non-hydrogen) atoms. The van der Waals surface area contributed by atoms with Gasteiger partial charge in [-0.3, -0.25) is 14.4 Å². The van der Waals surface area contributed by atoms with Gasteiger partial charge in [-0.25, -0.2) is 0 Å². The van der Waals surface area contributed by atoms with Gasteiger partial charge < -0.3 is 24.4 Å². The fraction of sp³-hybridized carbons (Fsp3) is 0.536. The molecule has 8 nitrogen and oxygen atoms in total. The Kier molecular flexibility index (Phi) is 6.87. The number of amides is 2. The third-order valence-corrected chi connectivity index (χ3v) is 9.86. The lowest BCUT2D eigenvalue weighted by atomic mass is 9.74. The van der Waals surface area contributed by atoms with Crippen molar-refractivity contribution < 1.29 is 29.0 Å². The van der Waals surface area contributed by atoms with E-state index in [1.807, 2.05) is 37.3 Å². The Labute approximate surface area is 221 Å². The topological polar surface area (TPSA) is 96.4 Å². The number of esters is 1. The highest BCUT2D eigenvalue weighted by atomic mass is 32.2. The number of carbonyl (C=O) groups excluding carboxylic acids is 3. The van der Waals surface area contributed by atoms with Crippen molar-refractivity contribution in [2.24, 2.45) is 11.8 Å². The molecule has 0 aliphatic carbocycles. The molecule has 0 radical (unpaired) electrons. The molecule has 1 unspecified atom stereocenters. The van der Waals surface area contributed by atoms with Crippen LogP contribution in [0.4, 0.5) is 5.69 Å². The van der Waals surface area contributed by atoms with Gasteiger partial charge in [0.05, 0.1) is 42.9 Å². The maximum atomic E-state index is 14.4. The van der Waals surface area contributed by atoms with E-state index in [0.29, 0.717) is 24.6 Å². The zero-order valence-corrected chi connectivity index (χ0v) is 22.3. The molecule has 0 saturated carbocycles. The van der Waals surface area contributed by atoms with E-state index in [1.165, 1.54) is 16.7 Å². The molecule has 1 aromatic rings. The Morgan fingerprint density at radius 3 is 2.57 bits per heavy atom. The number of thioether (sulfide) groups is 1. The van der Waals surface area contributed by atoms with Crippen LogP contribution >= 0.6 is 11.8 Å². The first-order valence-electron chi connectivity index (χ1n) is 12.9. The van der Waals surface area contributed by atoms with Crippen LogP contribution in [0.1, 0.15) is 33.1 Å². The summed E-state index contributed by atoms with van der Waals surface area (Å²) >= 11 is 1.51. The summed E-state index contributed by atoms with van der Waals surface area (Å²) in [5.74, 6) is -1.77. The highest BCUT2D eigenvalue weighted by Gasteiger charge is 2.74. The van der Waals surface area contributed by atoms with E-state index in [2.05, 4.69) is 6.08 Å². The first-order valence-corrected chi connectivity index (χ1v) is 13.7. The molecule has 198 valence electrons. The lowest BCUT2D eigenvalue weighted by Gasteiger charge is -2.39. The number of anilines is 1. The van der Waals surface area contributed by atoms with Crippen LogP contribution in [0.3, 0.4) is 0 Å². The van der Waals surface area contributed by atoms with Gasteiger partial charge >= 0.3 is 5.97 Å². The molecule has 9 heteroatoms. The van der Waals surface area contributed by atoms with E-state index in [4.69, 9.17) is 9.47 Å². The number of likely N-dealkylation sites (tertiary alicyclic amines) is 1. The first kappa shape index (κ1) is 25.9. The minimum Gasteiger partial charge on any atom is -0.497 e. The molecule has 2 fully saturated rings. The smallest absolute Gasteiger partial charge is 0.311 e. The van der Waals surface area contributed by atoms with E-state index >= 15 is 0 Å². The van der Waals surface area contributed by atoms with Crippen LogP contribution < -0.4 is 9.64 Å². The largest absolute Gasteiger partial charge is 0.497 e. The number of methoxy groups -OCH3 is 1. The molecular formula is C28H34N2O6S. The monoisotopic (exact) mass is 526 g/mol. The van der Waals surface area contributed by atoms with Crippen LogP contribution in [-0.2, 0) is 19.1 Å². The summed E-state index contributed by atoms with van der Waals surface area (Å²) in [5.41, 5.74) is 0.688. The average Bonchev–Trinajstić information content (AvgIpc) is 3.23. The summed E-state index contributed by atoms with van der Waals surface area (Å²) in [5, 5.41) is 10.1. The Hall–Kier alpha value is -2.78. The van der Waals surface area contributed by atoms with E-state index in [1.54, 1.807) is 31.1 Å². The van der Waals surface area contributed by atoms with E-state index in [0.717, 1.165) is 19.3 Å². The van der Waals surface area contributed by atoms with Crippen LogP contribution in [0.25, 0.3) is 0 Å². The van der Waals surface area contributed by atoms with Crippen molar-refractivity contribution in [3.63, 3.8) is 0 Å². The Morgan fingerprint density at radius 2 is 1.86 bits per heavy atom. The van der Waals surface area contributed by atoms with Gasteiger partial charge in [0.1, 0.15) is 11.8 Å². The number of aliphatic hydroxyl groups excluding tert-OH is 1. The summed E-state index contributed by atoms with van der Waals surface area (Å²) < 4.78 is 9.26. The molecule has 5 rings (SSSR count). The van der Waals surface area contributed by atoms with Crippen molar-refractivity contribution in [2.75, 3.05) is 31.8 Å². The second-order valence-corrected chi connectivity index (χ2v) is 12.2. The number of nitrogens with zero attached hydrogens (tertiary/aromatic N) is 2. The number of aliphatic hydroxyl groups is 1. The molecule has 0 bridgehead atoms. The SMILES string of the molecule is COc1ccc(N2CC=C[C@]34S[C@]5(C)/C=C\CCCCOC(=O)[C@@H]5[C@H]3C(=O)N([C@H](C)CO)C4C2=O)cc1. The quantitative estimate of drug-likeness (QED) is 0.476. The number of hydrogen-bond donors (Lipinski definition) is 1. The standard InChI is InChI=1S/C28H34N2O6S/c1-18(17-31)30-23-25(33)29(19-9-11-20(35-3)12-10-19)15-8-14-28(23)21(24(30)32)22-26(34)36-16-7-5-4-6-13-27(22,2)37-28/h6,8-14,18,21-23,31H,4-5,7,15-17H2,1-3H3/b13-6-/t18-,21+,22+,23?,27-,28+/m1/s1. The Balaban J connectivity index is 1.64. The van der Waals surface area contributed by atoms with Crippen molar-refractivity contribution in [3.8, 4) is 5.75 Å². The van der Waals surface area contributed by atoms with Gasteiger partial charge in [0, 0.05) is 17.0 Å². The molecule has 6 atom stereocenters. The number of rotatable bonds is 4. The molecule has 1 spiro atoms. The lowest BCUT2D eigenvalue weighted by Crippen LogP contribution is -2.56. The zero-order chi connectivity index (χ0) is 26.4. The number of fused-ring (bicyclic) bond motifs is 2. The van der Waals surface area contributed by atoms with Gasteiger partial charge in [-0.15, -0.1) is 11.8 Å². The molecule has 1 N–H and O–H groups in total. The summed E-state index contributed by atoms with van der Waals surface area (Å²) in [7, 11) is 1.59. The van der Waals surface area contributed by atoms with E-state index in [9.17, 15) is 19.5 Å². The van der Waals surface area contributed by atoms with Crippen molar-refractivity contribution in [2.45, 2.75) is 54.7 Å². The summed E-state index contributed by atoms with van der Waals surface area (Å²) in [6.07, 6.45) is 10.6. The molecule has 2 saturated heterocycles. The predicted molar refractivity (Wildman–Crippen MR) is 141 cm³/mol. The van der Waals surface area contributed by atoms with Gasteiger partial charge in [0.15, 0.2) is 0 Å². The Bertz CT molecular complexity index is 1140. The van der Waals surface area contributed by atoms with Gasteiger partial charge in [-0.05, 0) is 57.4 Å². The highest BCUT2D eigenvalue weighted by Crippen LogP contribution is 2.65. The second kappa shape index (κ2) is 9.83. The number of cyclic esters (lactones) is 1. The first-order chi connectivity index (χ1) is 17.8. The number of allylic oxidation sites excluding steroid dienone is 1. The summed E-state index contributed by atoms with van der Waals surface area (Å²) in [4.78, 5) is 45.2. The minimum absolute atomic E-state index is 0.233. The van der Waals surface area contributed by atoms with Gasteiger partial charge in [0.25, 0.3) is 5.91 Å². The van der Waals surface area contributed by atoms with Crippen LogP contribution in [-0.4, -0.2) is 76.2 Å². The van der Waals surface area contributed by atoms with Crippen LogP contribution in [0.2, 0.25) is 0 Å². The van der Waals surface area contributed by atoms with Crippen molar-refractivity contribution in [1.82, 2.24) is 4.90 Å². The van der Waals surface area contributed by atoms with Crippen LogP contribution in [0.15, 0.2) is 48.6 Å². The van der Waals surface area contributed by atoms with E-state index < -0.39 is 39.4 Å². The Morgan fingerprint density at radius 1 is 1.11 bits per heavy atom. The average molecular weight is 527 g/mol. The number of benzene rings is 1. The van der Waals surface area contributed by atoms with Gasteiger partial charge in [0.2, 0.25) is 5.91 Å². The predicted octanol–water partition coefficient (Wildman–Crippen LogP) is 2.95. The minimum atomic E-state index is -0.977. The molecule has 0 aromatic heterocycles. The van der Waals surface area contributed by atoms with Crippen molar-refractivity contribution >= 4 is 35.2 Å². The molecule has 1 aromatic carbocycles. The number of carbonyl (C=O) groups is 3. The van der Waals surface area contributed by atoms with Crippen molar-refractivity contribution in [3.05, 3.63) is 48.6 Å². The van der Waals surface area contributed by atoms with Gasteiger partial charge in [-0.1, -0.05) is 24.3 Å². The molecule has 4 aliphatic heterocycles. The molecule has 4 heterocycles. The maximum Gasteiger partial charge on any atom is 0.311 e. The fourth-order valence-corrected chi connectivity index (χ4v) is 8.43. The van der Waals surface area contributed by atoms with Gasteiger partial charge in [-0.2, -0.15) is 0 Å². The summed E-state index contributed by atoms with van der Waals surface area (Å²) in [6, 6.07) is 5.76. The third kappa shape index (κ3) is 4.07. The van der Waals surface area contributed by atoms with Crippen LogP contribution in [0.5, 0.6) is 5.75 Å². The fourth-order valence-electron chi connectivity index (χ4n) is 6.29.